The molecule has 0 radical (unpaired) electrons. The van der Waals surface area contributed by atoms with Gasteiger partial charge in [0.15, 0.2) is 17.7 Å². The Hall–Kier alpha value is -3.26. The third kappa shape index (κ3) is 3.23. The highest BCUT2D eigenvalue weighted by molar-refractivity contribution is 5.99. The highest BCUT2D eigenvalue weighted by Gasteiger charge is 2.27. The first-order chi connectivity index (χ1) is 14.3. The Bertz CT molecular complexity index is 1260. The molecule has 0 spiro atoms. The summed E-state index contributed by atoms with van der Waals surface area (Å²) in [5.74, 6) is -2.97. The van der Waals surface area contributed by atoms with Gasteiger partial charge in [0.2, 0.25) is 0 Å². The summed E-state index contributed by atoms with van der Waals surface area (Å²) in [6.07, 6.45) is 0.775. The molecule has 4 rings (SSSR count). The van der Waals surface area contributed by atoms with Gasteiger partial charge in [-0.05, 0) is 35.7 Å². The number of fused-ring (bicyclic) bond motifs is 2. The van der Waals surface area contributed by atoms with Crippen LogP contribution in [0.25, 0.3) is 27.5 Å². The van der Waals surface area contributed by atoms with Gasteiger partial charge in [0, 0.05) is 41.8 Å². The van der Waals surface area contributed by atoms with E-state index < -0.39 is 23.7 Å². The monoisotopic (exact) mass is 413 g/mol. The van der Waals surface area contributed by atoms with E-state index in [2.05, 4.69) is 10.2 Å². The number of methoxy groups -OCH3 is 1. The summed E-state index contributed by atoms with van der Waals surface area (Å²) in [6, 6.07) is 7.57. The minimum absolute atomic E-state index is 0.0247. The van der Waals surface area contributed by atoms with E-state index in [-0.39, 0.29) is 12.3 Å². The molecule has 0 amide bonds. The zero-order valence-corrected chi connectivity index (χ0v) is 16.7. The number of aliphatic carboxylic acids is 1. The van der Waals surface area contributed by atoms with Crippen molar-refractivity contribution in [1.29, 1.82) is 0 Å². The van der Waals surface area contributed by atoms with Crippen LogP contribution in [-0.2, 0) is 16.0 Å². The zero-order chi connectivity index (χ0) is 21.6. The van der Waals surface area contributed by atoms with Gasteiger partial charge in [-0.15, -0.1) is 0 Å². The summed E-state index contributed by atoms with van der Waals surface area (Å²) < 4.78 is 34.7. The van der Waals surface area contributed by atoms with Crippen LogP contribution in [-0.4, -0.2) is 39.1 Å². The second kappa shape index (κ2) is 7.53. The van der Waals surface area contributed by atoms with Crippen LogP contribution >= 0.6 is 0 Å². The Morgan fingerprint density at radius 1 is 1.23 bits per heavy atom. The number of benzene rings is 2. The number of carboxylic acids is 1. The summed E-state index contributed by atoms with van der Waals surface area (Å²) >= 11 is 0. The summed E-state index contributed by atoms with van der Waals surface area (Å²) in [7, 11) is 1.36. The summed E-state index contributed by atoms with van der Waals surface area (Å²) in [5, 5.41) is 18.2. The van der Waals surface area contributed by atoms with E-state index in [1.54, 1.807) is 6.20 Å². The lowest BCUT2D eigenvalue weighted by Gasteiger charge is -2.17. The van der Waals surface area contributed by atoms with Crippen LogP contribution in [0.2, 0.25) is 0 Å². The lowest BCUT2D eigenvalue weighted by molar-refractivity contribution is -0.148. The number of hydrogen-bond donors (Lipinski definition) is 2. The molecule has 0 aliphatic carbocycles. The highest BCUT2D eigenvalue weighted by atomic mass is 19.2. The van der Waals surface area contributed by atoms with Crippen molar-refractivity contribution in [3.05, 3.63) is 59.4 Å². The van der Waals surface area contributed by atoms with Crippen LogP contribution in [0.5, 0.6) is 0 Å². The van der Waals surface area contributed by atoms with Crippen molar-refractivity contribution in [2.75, 3.05) is 7.11 Å². The third-order valence-electron chi connectivity index (χ3n) is 5.33. The van der Waals surface area contributed by atoms with Gasteiger partial charge in [0.25, 0.3) is 0 Å². The molecule has 30 heavy (non-hydrogen) atoms. The number of ether oxygens (including phenoxy) is 1. The second-order valence-corrected chi connectivity index (χ2v) is 7.55. The molecule has 2 N–H and O–H groups in total. The summed E-state index contributed by atoms with van der Waals surface area (Å²) in [6.45, 7) is 3.95. The molecule has 6 nitrogen and oxygen atoms in total. The molecule has 2 aromatic heterocycles. The number of aromatic amines is 1. The van der Waals surface area contributed by atoms with Crippen LogP contribution in [0, 0.1) is 11.6 Å². The number of nitrogens with zero attached hydrogens (tertiary/aromatic N) is 2. The Labute approximate surface area is 171 Å². The van der Waals surface area contributed by atoms with E-state index in [0.29, 0.717) is 5.69 Å². The van der Waals surface area contributed by atoms with Crippen LogP contribution in [0.4, 0.5) is 8.78 Å². The fraction of sp³-hybridized carbons (Fsp3) is 0.273. The van der Waals surface area contributed by atoms with E-state index in [1.807, 2.05) is 30.5 Å². The van der Waals surface area contributed by atoms with Crippen LogP contribution in [0.15, 0.2) is 36.5 Å². The molecule has 8 heteroatoms. The standard InChI is InChI=1S/C22H21F2N3O3/c1-11(2)21-15(9-20(30-3)22(28)29)14-8-18-12(10-25-26-18)6-19(14)27(21)13-4-5-16(23)17(24)7-13/h4-8,10-11,20H,9H2,1-3H3,(H,25,26)(H,28,29). The molecule has 0 aliphatic heterocycles. The maximum absolute atomic E-state index is 14.1. The quantitative estimate of drug-likeness (QED) is 0.486. The fourth-order valence-electron chi connectivity index (χ4n) is 3.99. The van der Waals surface area contributed by atoms with E-state index in [9.17, 15) is 18.7 Å². The lowest BCUT2D eigenvalue weighted by atomic mass is 9.98. The average molecular weight is 413 g/mol. The number of nitrogens with one attached hydrogen (secondary N) is 1. The molecule has 0 saturated carbocycles. The SMILES string of the molecule is COC(Cc1c(C(C)C)n(-c2ccc(F)c(F)c2)c2cc3cn[nH]c3cc12)C(=O)O. The second-order valence-electron chi connectivity index (χ2n) is 7.55. The number of H-pyrrole nitrogens is 1. The minimum Gasteiger partial charge on any atom is -0.479 e. The Kier molecular flexibility index (Phi) is 5.03. The Morgan fingerprint density at radius 3 is 2.63 bits per heavy atom. The van der Waals surface area contributed by atoms with Gasteiger partial charge in [0.1, 0.15) is 0 Å². The fourth-order valence-corrected chi connectivity index (χ4v) is 3.99. The topological polar surface area (TPSA) is 80.1 Å². The molecule has 4 aromatic rings. The lowest BCUT2D eigenvalue weighted by Crippen LogP contribution is -2.25. The normalized spacial score (nSPS) is 12.9. The zero-order valence-electron chi connectivity index (χ0n) is 16.7. The first kappa shape index (κ1) is 20.0. The van der Waals surface area contributed by atoms with Gasteiger partial charge in [-0.1, -0.05) is 13.8 Å². The number of carbonyl (C=O) groups is 1. The summed E-state index contributed by atoms with van der Waals surface area (Å²) in [4.78, 5) is 11.6. The molecule has 0 saturated heterocycles. The van der Waals surface area contributed by atoms with Gasteiger partial charge >= 0.3 is 5.97 Å². The maximum atomic E-state index is 14.1. The van der Waals surface area contributed by atoms with Gasteiger partial charge in [-0.2, -0.15) is 5.10 Å². The molecule has 1 unspecified atom stereocenters. The molecular formula is C22H21F2N3O3. The Balaban J connectivity index is 2.09. The van der Waals surface area contributed by atoms with Crippen molar-refractivity contribution in [2.45, 2.75) is 32.3 Å². The van der Waals surface area contributed by atoms with Crippen molar-refractivity contribution in [3.8, 4) is 5.69 Å². The van der Waals surface area contributed by atoms with Gasteiger partial charge in [0.05, 0.1) is 17.2 Å². The van der Waals surface area contributed by atoms with Crippen molar-refractivity contribution in [1.82, 2.24) is 14.8 Å². The number of hydrogen-bond acceptors (Lipinski definition) is 3. The predicted molar refractivity (Wildman–Crippen MR) is 109 cm³/mol. The van der Waals surface area contributed by atoms with Crippen molar-refractivity contribution < 1.29 is 23.4 Å². The van der Waals surface area contributed by atoms with Gasteiger partial charge in [-0.3, -0.25) is 5.10 Å². The van der Waals surface area contributed by atoms with Crippen molar-refractivity contribution in [3.63, 3.8) is 0 Å². The smallest absolute Gasteiger partial charge is 0.333 e. The average Bonchev–Trinajstić information content (AvgIpc) is 3.28. The number of rotatable bonds is 6. The third-order valence-corrected chi connectivity index (χ3v) is 5.33. The van der Waals surface area contributed by atoms with E-state index in [1.165, 1.54) is 13.2 Å². The number of carboxylic acid groups (broad SMARTS) is 1. The predicted octanol–water partition coefficient (Wildman–Crippen LogP) is 4.55. The first-order valence-corrected chi connectivity index (χ1v) is 9.53. The maximum Gasteiger partial charge on any atom is 0.333 e. The van der Waals surface area contributed by atoms with Gasteiger partial charge in [-0.25, -0.2) is 13.6 Å². The molecule has 0 fully saturated rings. The van der Waals surface area contributed by atoms with E-state index >= 15 is 0 Å². The highest BCUT2D eigenvalue weighted by Crippen LogP contribution is 2.37. The molecular weight excluding hydrogens is 392 g/mol. The van der Waals surface area contributed by atoms with Crippen molar-refractivity contribution >= 4 is 27.8 Å². The molecule has 1 atom stereocenters. The number of aromatic nitrogens is 3. The summed E-state index contributed by atoms with van der Waals surface area (Å²) in [5.41, 5.74) is 3.62. The van der Waals surface area contributed by atoms with Gasteiger partial charge < -0.3 is 14.4 Å². The largest absolute Gasteiger partial charge is 0.479 e. The van der Waals surface area contributed by atoms with E-state index in [4.69, 9.17) is 4.74 Å². The Morgan fingerprint density at radius 2 is 2.00 bits per heavy atom. The number of halogens is 2. The van der Waals surface area contributed by atoms with Crippen LogP contribution in [0.3, 0.4) is 0 Å². The molecule has 0 bridgehead atoms. The first-order valence-electron chi connectivity index (χ1n) is 9.53. The van der Waals surface area contributed by atoms with Crippen LogP contribution < -0.4 is 0 Å². The van der Waals surface area contributed by atoms with E-state index in [0.717, 1.165) is 45.2 Å². The molecule has 0 aliphatic rings. The molecule has 2 aromatic carbocycles. The van der Waals surface area contributed by atoms with Crippen LogP contribution in [0.1, 0.15) is 31.0 Å². The minimum atomic E-state index is -1.07. The molecule has 156 valence electrons. The molecule has 2 heterocycles. The van der Waals surface area contributed by atoms with Crippen molar-refractivity contribution in [2.24, 2.45) is 0 Å².